The number of hydrogen-bond acceptors (Lipinski definition) is 8. The van der Waals surface area contributed by atoms with Crippen LogP contribution >= 0.6 is 0 Å². The van der Waals surface area contributed by atoms with Gasteiger partial charge in [-0.25, -0.2) is 9.97 Å². The first-order chi connectivity index (χ1) is 32.2. The molecule has 2 spiro atoms. The number of carbonyl (C=O) groups excluding carboxylic acids is 2. The first-order valence-electron chi connectivity index (χ1n) is 24.6. The number of anilines is 2. The van der Waals surface area contributed by atoms with Gasteiger partial charge in [0, 0.05) is 69.6 Å². The number of nitrogens with zero attached hydrogens (tertiary/aromatic N) is 6. The predicted molar refractivity (Wildman–Crippen MR) is 252 cm³/mol. The van der Waals surface area contributed by atoms with Gasteiger partial charge in [0.2, 0.25) is 0 Å². The molecule has 0 radical (unpaired) electrons. The second kappa shape index (κ2) is 18.8. The van der Waals surface area contributed by atoms with E-state index >= 15 is 0 Å². The van der Waals surface area contributed by atoms with E-state index < -0.39 is 0 Å². The van der Waals surface area contributed by atoms with E-state index in [1.54, 1.807) is 12.7 Å². The van der Waals surface area contributed by atoms with E-state index in [9.17, 15) is 9.59 Å². The van der Waals surface area contributed by atoms with Crippen LogP contribution in [0.1, 0.15) is 134 Å². The molecule has 8 aliphatic rings. The summed E-state index contributed by atoms with van der Waals surface area (Å²) in [5, 5.41) is 0. The molecule has 0 unspecified atom stereocenters. The standard InChI is InChI=1S/2C26H29N3O3.C2H6/c1-18-12-20(5-4-19-2-3-19)6-9-23(18)29(21-7-8-21)25(30)22-13-28(17-27-22)14-24-31-15-26(10-11-26)16-32-24;1-18-2-3-20(7-6-19-4-5-19)12-23(18)29(21-8-9-21)25(30)22-13-28(17-27-22)14-24-31-15-26(10-11-26)16-32-24;1-2/h6,9,12-13,17,19,21,24H,2-3,7-8,10-11,14-16H2,1H3;2-3,12-13,17,19,21,24H,4-5,8-11,14-16H2,1H3;1-2H3. The van der Waals surface area contributed by atoms with E-state index in [-0.39, 0.29) is 47.3 Å². The molecular weight excluding hydrogens is 829 g/mol. The monoisotopic (exact) mass is 892 g/mol. The summed E-state index contributed by atoms with van der Waals surface area (Å²) in [6, 6.07) is 12.8. The highest BCUT2D eigenvalue weighted by molar-refractivity contribution is 6.06. The first kappa shape index (κ1) is 44.6. The lowest BCUT2D eigenvalue weighted by molar-refractivity contribution is -0.212. The van der Waals surface area contributed by atoms with E-state index in [2.05, 4.69) is 71.8 Å². The Morgan fingerprint density at radius 3 is 1.47 bits per heavy atom. The van der Waals surface area contributed by atoms with Crippen molar-refractivity contribution in [1.29, 1.82) is 0 Å². The third-order valence-electron chi connectivity index (χ3n) is 13.8. The molecule has 6 saturated carbocycles. The summed E-state index contributed by atoms with van der Waals surface area (Å²) >= 11 is 0. The van der Waals surface area contributed by atoms with E-state index in [1.807, 2.05) is 57.3 Å². The Morgan fingerprint density at radius 1 is 0.606 bits per heavy atom. The molecule has 2 amide bonds. The molecule has 12 heteroatoms. The first-order valence-corrected chi connectivity index (χ1v) is 24.6. The van der Waals surface area contributed by atoms with Crippen molar-refractivity contribution in [2.75, 3.05) is 36.2 Å². The Kier molecular flexibility index (Phi) is 12.7. The van der Waals surface area contributed by atoms with Gasteiger partial charge in [-0.2, -0.15) is 0 Å². The van der Waals surface area contributed by atoms with Gasteiger partial charge in [0.1, 0.15) is 11.4 Å². The number of amides is 2. The summed E-state index contributed by atoms with van der Waals surface area (Å²) in [6.07, 6.45) is 20.3. The molecule has 4 heterocycles. The van der Waals surface area contributed by atoms with E-state index in [0.717, 1.165) is 85.7 Å². The van der Waals surface area contributed by atoms with Crippen LogP contribution in [0.3, 0.4) is 0 Å². The number of benzene rings is 2. The second-order valence-corrected chi connectivity index (χ2v) is 19.9. The zero-order valence-electron chi connectivity index (χ0n) is 39.1. The van der Waals surface area contributed by atoms with Gasteiger partial charge in [-0.15, -0.1) is 0 Å². The molecule has 346 valence electrons. The van der Waals surface area contributed by atoms with Crippen LogP contribution in [-0.4, -0.2) is 82.0 Å². The Labute approximate surface area is 389 Å². The number of imidazole rings is 2. The van der Waals surface area contributed by atoms with Crippen molar-refractivity contribution in [3.8, 4) is 23.7 Å². The van der Waals surface area contributed by atoms with Gasteiger partial charge >= 0.3 is 0 Å². The third-order valence-corrected chi connectivity index (χ3v) is 13.8. The Bertz CT molecular complexity index is 2530. The highest BCUT2D eigenvalue weighted by atomic mass is 16.7. The SMILES string of the molecule is CC.Cc1cc(C#CC2CC2)ccc1N(C(=O)c1cn(CC2OCC3(CC3)CO2)cn1)C1CC1.Cc1ccc(C#CC2CC2)cc1N(C(=O)c1cn(CC2OCC3(CC3)CO2)cn1)C1CC1. The zero-order valence-corrected chi connectivity index (χ0v) is 39.1. The van der Waals surface area contributed by atoms with Crippen molar-refractivity contribution in [3.05, 3.63) is 95.1 Å². The van der Waals surface area contributed by atoms with E-state index in [4.69, 9.17) is 18.9 Å². The van der Waals surface area contributed by atoms with Crippen LogP contribution in [0.4, 0.5) is 11.4 Å². The summed E-state index contributed by atoms with van der Waals surface area (Å²) < 4.78 is 27.3. The minimum Gasteiger partial charge on any atom is -0.350 e. The molecule has 2 aromatic carbocycles. The number of hydrogen-bond donors (Lipinski definition) is 0. The van der Waals surface area contributed by atoms with Crippen molar-refractivity contribution < 1.29 is 28.5 Å². The fourth-order valence-electron chi connectivity index (χ4n) is 8.52. The van der Waals surface area contributed by atoms with Crippen molar-refractivity contribution >= 4 is 23.2 Å². The fourth-order valence-corrected chi connectivity index (χ4v) is 8.52. The molecule has 0 N–H and O–H groups in total. The molecule has 2 aromatic heterocycles. The van der Waals surface area contributed by atoms with Gasteiger partial charge in [0.25, 0.3) is 11.8 Å². The van der Waals surface area contributed by atoms with Gasteiger partial charge in [0.15, 0.2) is 12.6 Å². The highest BCUT2D eigenvalue weighted by Gasteiger charge is 2.48. The normalized spacial score (nSPS) is 22.0. The largest absolute Gasteiger partial charge is 0.350 e. The summed E-state index contributed by atoms with van der Waals surface area (Å²) in [5.74, 6) is 14.2. The molecule has 66 heavy (non-hydrogen) atoms. The minimum absolute atomic E-state index is 0.0476. The highest BCUT2D eigenvalue weighted by Crippen LogP contribution is 2.49. The second-order valence-electron chi connectivity index (χ2n) is 19.9. The maximum atomic E-state index is 13.5. The molecule has 6 aliphatic carbocycles. The molecule has 12 rings (SSSR count). The molecule has 0 atom stereocenters. The molecule has 2 saturated heterocycles. The summed E-state index contributed by atoms with van der Waals surface area (Å²) in [5.41, 5.74) is 7.54. The number of aromatic nitrogens is 4. The van der Waals surface area contributed by atoms with Gasteiger partial charge in [-0.3, -0.25) is 9.59 Å². The smallest absolute Gasteiger partial charge is 0.278 e. The van der Waals surface area contributed by atoms with Crippen molar-refractivity contribution in [3.63, 3.8) is 0 Å². The molecule has 0 bridgehead atoms. The molecule has 4 aromatic rings. The van der Waals surface area contributed by atoms with Crippen LogP contribution in [0.25, 0.3) is 0 Å². The van der Waals surface area contributed by atoms with Crippen LogP contribution in [0.5, 0.6) is 0 Å². The van der Waals surface area contributed by atoms with Crippen LogP contribution < -0.4 is 9.80 Å². The lowest BCUT2D eigenvalue weighted by Crippen LogP contribution is -2.35. The molecule has 8 fully saturated rings. The number of ether oxygens (including phenoxy) is 4. The third kappa shape index (κ3) is 10.8. The van der Waals surface area contributed by atoms with Gasteiger partial charge in [0.05, 0.1) is 52.2 Å². The average Bonchev–Trinajstić information content (AvgIpc) is 4.10. The maximum absolute atomic E-state index is 13.5. The lowest BCUT2D eigenvalue weighted by atomic mass is 10.1. The van der Waals surface area contributed by atoms with E-state index in [0.29, 0.717) is 36.3 Å². The molecule has 12 nitrogen and oxygen atoms in total. The molecule has 2 aliphatic heterocycles. The maximum Gasteiger partial charge on any atom is 0.278 e. The van der Waals surface area contributed by atoms with Crippen molar-refractivity contribution in [2.45, 2.75) is 142 Å². The van der Waals surface area contributed by atoms with Crippen LogP contribution in [0.2, 0.25) is 0 Å². The van der Waals surface area contributed by atoms with E-state index in [1.165, 1.54) is 51.4 Å². The predicted octanol–water partition coefficient (Wildman–Crippen LogP) is 8.86. The Hall–Kier alpha value is -5.24. The van der Waals surface area contributed by atoms with Gasteiger partial charge in [-0.1, -0.05) is 43.6 Å². The van der Waals surface area contributed by atoms with Crippen molar-refractivity contribution in [1.82, 2.24) is 19.1 Å². The number of aryl methyl sites for hydroxylation is 2. The number of rotatable bonds is 10. The van der Waals surface area contributed by atoms with Crippen LogP contribution in [0.15, 0.2) is 61.4 Å². The quantitative estimate of drug-likeness (QED) is 0.145. The van der Waals surface area contributed by atoms with Gasteiger partial charge < -0.3 is 37.9 Å². The fraction of sp³-hybridized carbons (Fsp3) is 0.556. The lowest BCUT2D eigenvalue weighted by Gasteiger charge is -2.29. The van der Waals surface area contributed by atoms with Crippen molar-refractivity contribution in [2.24, 2.45) is 22.7 Å². The minimum atomic E-state index is -0.276. The zero-order chi connectivity index (χ0) is 45.4. The van der Waals surface area contributed by atoms with Crippen LogP contribution in [-0.2, 0) is 32.0 Å². The Morgan fingerprint density at radius 2 is 1.05 bits per heavy atom. The van der Waals surface area contributed by atoms with Crippen LogP contribution in [0, 0.1) is 60.2 Å². The Balaban J connectivity index is 0.000000149. The average molecular weight is 893 g/mol. The summed E-state index contributed by atoms with van der Waals surface area (Å²) in [4.78, 5) is 39.7. The van der Waals surface area contributed by atoms with Gasteiger partial charge in [-0.05, 0) is 132 Å². The molecular formula is C54H64N6O6. The summed E-state index contributed by atoms with van der Waals surface area (Å²) in [6.45, 7) is 12.3. The topological polar surface area (TPSA) is 113 Å². The summed E-state index contributed by atoms with van der Waals surface area (Å²) in [7, 11) is 0. The number of carbonyl (C=O) groups is 2.